The van der Waals surface area contributed by atoms with E-state index in [1.807, 2.05) is 9.80 Å². The summed E-state index contributed by atoms with van der Waals surface area (Å²) in [5, 5.41) is 2.58. The standard InChI is InChI=1S/C20H28FN3O3S/c21-17-7-4-5-8-18(17)22-19(26)14-23-10-12-24(13-11-23)20(27)9-3-1-2-6-16(25)15-28/h4-5,7-8,28H,1-3,6,9-15H2,(H,22,26). The normalized spacial score (nSPS) is 14.7. The number of halogens is 1. The average Bonchev–Trinajstić information content (AvgIpc) is 2.69. The predicted octanol–water partition coefficient (Wildman–Crippen LogP) is 2.36. The number of nitrogens with zero attached hydrogens (tertiary/aromatic N) is 2. The number of carbonyl (C=O) groups is 3. The minimum atomic E-state index is -0.457. The van der Waals surface area contributed by atoms with Gasteiger partial charge >= 0.3 is 0 Å². The van der Waals surface area contributed by atoms with Crippen LogP contribution in [0.3, 0.4) is 0 Å². The van der Waals surface area contributed by atoms with E-state index < -0.39 is 5.82 Å². The summed E-state index contributed by atoms with van der Waals surface area (Å²) in [6.45, 7) is 2.59. The number of Topliss-reactive ketones (excluding diaryl/α,β-unsaturated/α-hetero) is 1. The molecule has 0 unspecified atom stereocenters. The average molecular weight is 410 g/mol. The van der Waals surface area contributed by atoms with Crippen LogP contribution in [0.2, 0.25) is 0 Å². The summed E-state index contributed by atoms with van der Waals surface area (Å²) in [5.74, 6) is -0.177. The molecule has 0 saturated carbocycles. The second-order valence-corrected chi connectivity index (χ2v) is 7.26. The molecule has 1 fully saturated rings. The fourth-order valence-corrected chi connectivity index (χ4v) is 3.28. The molecular formula is C20H28FN3O3S. The molecular weight excluding hydrogens is 381 g/mol. The first-order valence-electron chi connectivity index (χ1n) is 9.66. The van der Waals surface area contributed by atoms with Gasteiger partial charge in [0.2, 0.25) is 11.8 Å². The summed E-state index contributed by atoms with van der Waals surface area (Å²) >= 11 is 3.94. The molecule has 1 aromatic rings. The van der Waals surface area contributed by atoms with Crippen LogP contribution in [0.25, 0.3) is 0 Å². The van der Waals surface area contributed by atoms with Gasteiger partial charge in [-0.15, -0.1) is 0 Å². The predicted molar refractivity (Wildman–Crippen MR) is 110 cm³/mol. The molecule has 1 aromatic carbocycles. The second kappa shape index (κ2) is 11.8. The van der Waals surface area contributed by atoms with Gasteiger partial charge in [-0.3, -0.25) is 19.3 Å². The summed E-state index contributed by atoms with van der Waals surface area (Å²) in [4.78, 5) is 39.3. The summed E-state index contributed by atoms with van der Waals surface area (Å²) < 4.78 is 13.6. The molecule has 1 heterocycles. The van der Waals surface area contributed by atoms with E-state index >= 15 is 0 Å². The van der Waals surface area contributed by atoms with Crippen LogP contribution in [0.4, 0.5) is 10.1 Å². The fourth-order valence-electron chi connectivity index (χ4n) is 3.12. The van der Waals surface area contributed by atoms with Crippen molar-refractivity contribution in [2.45, 2.75) is 32.1 Å². The van der Waals surface area contributed by atoms with E-state index in [2.05, 4.69) is 17.9 Å². The number of para-hydroxylation sites is 1. The molecule has 2 rings (SSSR count). The molecule has 1 aliphatic rings. The highest BCUT2D eigenvalue weighted by Crippen LogP contribution is 2.13. The Morgan fingerprint density at radius 2 is 1.68 bits per heavy atom. The lowest BCUT2D eigenvalue weighted by atomic mass is 10.1. The number of piperazine rings is 1. The SMILES string of the molecule is O=C(CS)CCCCCC(=O)N1CCN(CC(=O)Nc2ccccc2F)CC1. The van der Waals surface area contributed by atoms with Crippen LogP contribution >= 0.6 is 12.6 Å². The highest BCUT2D eigenvalue weighted by atomic mass is 32.1. The van der Waals surface area contributed by atoms with Gasteiger partial charge in [0.1, 0.15) is 11.6 Å². The summed E-state index contributed by atoms with van der Waals surface area (Å²) in [7, 11) is 0. The number of thiol groups is 1. The van der Waals surface area contributed by atoms with Crippen molar-refractivity contribution in [1.82, 2.24) is 9.80 Å². The third-order valence-corrected chi connectivity index (χ3v) is 5.12. The van der Waals surface area contributed by atoms with E-state index in [1.165, 1.54) is 12.1 Å². The molecule has 6 nitrogen and oxygen atoms in total. The van der Waals surface area contributed by atoms with Crippen LogP contribution in [-0.4, -0.2) is 65.9 Å². The smallest absolute Gasteiger partial charge is 0.238 e. The maximum atomic E-state index is 13.6. The summed E-state index contributed by atoms with van der Waals surface area (Å²) in [6.07, 6.45) is 3.47. The number of benzene rings is 1. The Morgan fingerprint density at radius 1 is 1.00 bits per heavy atom. The fraction of sp³-hybridized carbons (Fsp3) is 0.550. The van der Waals surface area contributed by atoms with Gasteiger partial charge in [-0.25, -0.2) is 4.39 Å². The Morgan fingerprint density at radius 3 is 2.36 bits per heavy atom. The van der Waals surface area contributed by atoms with Crippen molar-refractivity contribution in [3.05, 3.63) is 30.1 Å². The minimum Gasteiger partial charge on any atom is -0.340 e. The van der Waals surface area contributed by atoms with E-state index in [1.54, 1.807) is 12.1 Å². The van der Waals surface area contributed by atoms with Gasteiger partial charge in [-0.2, -0.15) is 12.6 Å². The molecule has 8 heteroatoms. The number of nitrogens with one attached hydrogen (secondary N) is 1. The van der Waals surface area contributed by atoms with Crippen LogP contribution < -0.4 is 5.32 Å². The van der Waals surface area contributed by atoms with E-state index in [0.717, 1.165) is 19.3 Å². The number of ketones is 1. The Labute approximate surface area is 170 Å². The van der Waals surface area contributed by atoms with Crippen LogP contribution in [0.15, 0.2) is 24.3 Å². The molecule has 0 aromatic heterocycles. The van der Waals surface area contributed by atoms with Gasteiger partial charge in [0.05, 0.1) is 12.2 Å². The third-order valence-electron chi connectivity index (χ3n) is 4.76. The molecule has 0 bridgehead atoms. The van der Waals surface area contributed by atoms with Crippen LogP contribution in [-0.2, 0) is 14.4 Å². The van der Waals surface area contributed by atoms with Crippen molar-refractivity contribution in [3.63, 3.8) is 0 Å². The zero-order valence-corrected chi connectivity index (χ0v) is 16.9. The number of hydrogen-bond acceptors (Lipinski definition) is 5. The van der Waals surface area contributed by atoms with Crippen LogP contribution in [0.5, 0.6) is 0 Å². The number of amides is 2. The lowest BCUT2D eigenvalue weighted by Crippen LogP contribution is -2.50. The van der Waals surface area contributed by atoms with Gasteiger partial charge in [-0.05, 0) is 25.0 Å². The lowest BCUT2D eigenvalue weighted by molar-refractivity contribution is -0.133. The van der Waals surface area contributed by atoms with Gasteiger partial charge in [-0.1, -0.05) is 18.6 Å². The second-order valence-electron chi connectivity index (χ2n) is 6.94. The van der Waals surface area contributed by atoms with Crippen molar-refractivity contribution < 1.29 is 18.8 Å². The van der Waals surface area contributed by atoms with E-state index in [4.69, 9.17) is 0 Å². The summed E-state index contributed by atoms with van der Waals surface area (Å²) in [6, 6.07) is 6.07. The van der Waals surface area contributed by atoms with Crippen molar-refractivity contribution in [3.8, 4) is 0 Å². The quantitative estimate of drug-likeness (QED) is 0.460. The third kappa shape index (κ3) is 7.59. The largest absolute Gasteiger partial charge is 0.340 e. The van der Waals surface area contributed by atoms with E-state index in [-0.39, 0.29) is 35.6 Å². The Bertz CT molecular complexity index is 678. The molecule has 0 aliphatic carbocycles. The monoisotopic (exact) mass is 409 g/mol. The van der Waals surface area contributed by atoms with Crippen molar-refractivity contribution >= 4 is 35.9 Å². The zero-order chi connectivity index (χ0) is 20.4. The first-order chi connectivity index (χ1) is 13.5. The van der Waals surface area contributed by atoms with E-state index in [9.17, 15) is 18.8 Å². The van der Waals surface area contributed by atoms with Gasteiger partial charge in [0.25, 0.3) is 0 Å². The number of rotatable bonds is 10. The Balaban J connectivity index is 1.62. The zero-order valence-electron chi connectivity index (χ0n) is 16.0. The van der Waals surface area contributed by atoms with Crippen LogP contribution in [0, 0.1) is 5.82 Å². The first-order valence-corrected chi connectivity index (χ1v) is 10.3. The molecule has 0 atom stereocenters. The number of hydrogen-bond donors (Lipinski definition) is 2. The summed E-state index contributed by atoms with van der Waals surface area (Å²) in [5.41, 5.74) is 0.178. The molecule has 1 saturated heterocycles. The molecule has 0 spiro atoms. The molecule has 0 radical (unpaired) electrons. The van der Waals surface area contributed by atoms with Crippen molar-refractivity contribution in [2.75, 3.05) is 43.8 Å². The molecule has 1 N–H and O–H groups in total. The Hall–Kier alpha value is -1.93. The van der Waals surface area contributed by atoms with Crippen molar-refractivity contribution in [1.29, 1.82) is 0 Å². The molecule has 28 heavy (non-hydrogen) atoms. The number of unbranched alkanes of at least 4 members (excludes halogenated alkanes) is 2. The maximum absolute atomic E-state index is 13.6. The van der Waals surface area contributed by atoms with Crippen LogP contribution in [0.1, 0.15) is 32.1 Å². The highest BCUT2D eigenvalue weighted by molar-refractivity contribution is 7.81. The molecule has 2 amide bonds. The number of anilines is 1. The number of carbonyl (C=O) groups excluding carboxylic acids is 3. The minimum absolute atomic E-state index is 0.121. The molecule has 1 aliphatic heterocycles. The Kier molecular flexibility index (Phi) is 9.43. The first kappa shape index (κ1) is 22.4. The van der Waals surface area contributed by atoms with Gasteiger partial charge in [0, 0.05) is 44.8 Å². The van der Waals surface area contributed by atoms with Gasteiger partial charge < -0.3 is 10.2 Å². The van der Waals surface area contributed by atoms with Crippen molar-refractivity contribution in [2.24, 2.45) is 0 Å². The topological polar surface area (TPSA) is 69.7 Å². The van der Waals surface area contributed by atoms with E-state index in [0.29, 0.717) is 39.0 Å². The molecule has 154 valence electrons. The maximum Gasteiger partial charge on any atom is 0.238 e. The highest BCUT2D eigenvalue weighted by Gasteiger charge is 2.22. The van der Waals surface area contributed by atoms with Gasteiger partial charge in [0.15, 0.2) is 0 Å². The lowest BCUT2D eigenvalue weighted by Gasteiger charge is -2.34.